The summed E-state index contributed by atoms with van der Waals surface area (Å²) in [4.78, 5) is 4.72. The summed E-state index contributed by atoms with van der Waals surface area (Å²) >= 11 is 3.57. The average Bonchev–Trinajstić information content (AvgIpc) is 2.64. The Balaban J connectivity index is 1.68. The van der Waals surface area contributed by atoms with E-state index < -0.39 is 0 Å². The van der Waals surface area contributed by atoms with Gasteiger partial charge in [0.05, 0.1) is 5.69 Å². The Labute approximate surface area is 157 Å². The van der Waals surface area contributed by atoms with Crippen LogP contribution < -0.4 is 0 Å². The van der Waals surface area contributed by atoms with Gasteiger partial charge in [-0.25, -0.2) is 0 Å². The molecule has 0 aromatic heterocycles. The van der Waals surface area contributed by atoms with Crippen molar-refractivity contribution in [2.75, 3.05) is 0 Å². The van der Waals surface area contributed by atoms with E-state index in [0.717, 1.165) is 35.8 Å². The van der Waals surface area contributed by atoms with Gasteiger partial charge < -0.3 is 0 Å². The molecule has 2 heteroatoms. The number of benzene rings is 3. The molecule has 3 aromatic carbocycles. The average molecular weight is 390 g/mol. The Morgan fingerprint density at radius 1 is 0.720 bits per heavy atom. The fraction of sp³-hybridized carbons (Fsp3) is 0.174. The molecule has 0 saturated heterocycles. The van der Waals surface area contributed by atoms with Crippen molar-refractivity contribution in [1.82, 2.24) is 0 Å². The maximum Gasteiger partial charge on any atom is 0.0771 e. The molecule has 4 aliphatic rings. The van der Waals surface area contributed by atoms with E-state index in [1.54, 1.807) is 0 Å². The van der Waals surface area contributed by atoms with Gasteiger partial charge >= 0.3 is 0 Å². The van der Waals surface area contributed by atoms with E-state index in [2.05, 4.69) is 58.4 Å². The monoisotopic (exact) mass is 389 g/mol. The lowest BCUT2D eigenvalue weighted by Gasteiger charge is -2.12. The van der Waals surface area contributed by atoms with Crippen molar-refractivity contribution in [3.8, 4) is 0 Å². The standard InChI is InChI=1S/C23H20BrN/c24-22-3-1-2-4-23(22)25-16-21-15-19-10-9-17-5-7-18(8-6-17)11-13-20(21)14-12-19/h1-8,12,14-16H,9-11,13H2. The molecular formula is C23H20BrN. The topological polar surface area (TPSA) is 12.4 Å². The lowest BCUT2D eigenvalue weighted by molar-refractivity contribution is 0.920. The number of rotatable bonds is 2. The third-order valence-electron chi connectivity index (χ3n) is 4.81. The molecule has 3 aromatic rings. The van der Waals surface area contributed by atoms with E-state index in [0.29, 0.717) is 0 Å². The van der Waals surface area contributed by atoms with E-state index in [1.165, 1.54) is 27.8 Å². The van der Waals surface area contributed by atoms with Crippen molar-refractivity contribution in [2.45, 2.75) is 25.7 Å². The van der Waals surface area contributed by atoms with Crippen LogP contribution in [0.15, 0.2) is 76.2 Å². The highest BCUT2D eigenvalue weighted by atomic mass is 79.9. The Morgan fingerprint density at radius 2 is 1.36 bits per heavy atom. The SMILES string of the molecule is Brc1ccccc1N=Cc1cc2ccc1CCc1ccc(cc1)CC2. The number of aliphatic imine (C=N–C) groups is 1. The van der Waals surface area contributed by atoms with Crippen molar-refractivity contribution in [3.05, 3.63) is 99.0 Å². The minimum absolute atomic E-state index is 0.967. The van der Waals surface area contributed by atoms with Crippen molar-refractivity contribution >= 4 is 27.8 Å². The van der Waals surface area contributed by atoms with Crippen LogP contribution in [0.5, 0.6) is 0 Å². The van der Waals surface area contributed by atoms with Crippen LogP contribution in [0.2, 0.25) is 0 Å². The van der Waals surface area contributed by atoms with E-state index in [4.69, 9.17) is 4.99 Å². The highest BCUT2D eigenvalue weighted by molar-refractivity contribution is 9.10. The van der Waals surface area contributed by atoms with Gasteiger partial charge in [0.25, 0.3) is 0 Å². The van der Waals surface area contributed by atoms with Crippen LogP contribution in [0.25, 0.3) is 0 Å². The van der Waals surface area contributed by atoms with Crippen LogP contribution in [-0.2, 0) is 25.7 Å². The van der Waals surface area contributed by atoms with Gasteiger partial charge in [0, 0.05) is 10.7 Å². The second-order valence-electron chi connectivity index (χ2n) is 6.56. The molecule has 0 atom stereocenters. The summed E-state index contributed by atoms with van der Waals surface area (Å²) in [5, 5.41) is 0. The van der Waals surface area contributed by atoms with Gasteiger partial charge in [0.1, 0.15) is 0 Å². The number of aryl methyl sites for hydroxylation is 4. The molecule has 0 spiro atoms. The van der Waals surface area contributed by atoms with Gasteiger partial charge in [-0.2, -0.15) is 0 Å². The van der Waals surface area contributed by atoms with Gasteiger partial charge in [-0.3, -0.25) is 4.99 Å². The predicted molar refractivity (Wildman–Crippen MR) is 109 cm³/mol. The van der Waals surface area contributed by atoms with Crippen LogP contribution in [0.4, 0.5) is 5.69 Å². The summed E-state index contributed by atoms with van der Waals surface area (Å²) in [7, 11) is 0. The predicted octanol–water partition coefficient (Wildman–Crippen LogP) is 6.08. The molecule has 0 aliphatic heterocycles. The Kier molecular flexibility index (Phi) is 4.80. The van der Waals surface area contributed by atoms with Gasteiger partial charge in [0.2, 0.25) is 0 Å². The zero-order valence-corrected chi connectivity index (χ0v) is 15.7. The van der Waals surface area contributed by atoms with Crippen molar-refractivity contribution < 1.29 is 0 Å². The summed E-state index contributed by atoms with van der Waals surface area (Å²) in [5.74, 6) is 0. The van der Waals surface area contributed by atoms with Gasteiger partial charge in [-0.15, -0.1) is 0 Å². The summed E-state index contributed by atoms with van der Waals surface area (Å²) < 4.78 is 1.03. The summed E-state index contributed by atoms with van der Waals surface area (Å²) in [6, 6.07) is 24.1. The second-order valence-corrected chi connectivity index (χ2v) is 7.41. The van der Waals surface area contributed by atoms with Crippen molar-refractivity contribution in [2.24, 2.45) is 4.99 Å². The van der Waals surface area contributed by atoms with Gasteiger partial charge in [-0.1, -0.05) is 48.5 Å². The molecule has 1 nitrogen and oxygen atoms in total. The molecule has 0 unspecified atom stereocenters. The second kappa shape index (κ2) is 7.37. The Morgan fingerprint density at radius 3 is 2.12 bits per heavy atom. The lowest BCUT2D eigenvalue weighted by atomic mass is 9.94. The molecular weight excluding hydrogens is 370 g/mol. The molecule has 25 heavy (non-hydrogen) atoms. The number of hydrogen-bond donors (Lipinski definition) is 0. The maximum absolute atomic E-state index is 4.72. The van der Waals surface area contributed by atoms with Crippen LogP contribution in [0, 0.1) is 0 Å². The normalized spacial score (nSPS) is 13.8. The molecule has 0 heterocycles. The highest BCUT2D eigenvalue weighted by Crippen LogP contribution is 2.25. The minimum atomic E-state index is 0.967. The van der Waals surface area contributed by atoms with Crippen LogP contribution >= 0.6 is 15.9 Å². The molecule has 0 N–H and O–H groups in total. The zero-order valence-electron chi connectivity index (χ0n) is 14.1. The van der Waals surface area contributed by atoms with Gasteiger partial charge in [-0.05, 0) is 87.6 Å². The molecule has 4 aliphatic carbocycles. The molecule has 7 rings (SSSR count). The van der Waals surface area contributed by atoms with E-state index in [1.807, 2.05) is 30.5 Å². The van der Waals surface area contributed by atoms with Crippen molar-refractivity contribution in [3.63, 3.8) is 0 Å². The molecule has 0 saturated carbocycles. The Hall–Kier alpha value is -2.19. The molecule has 0 radical (unpaired) electrons. The first-order valence-electron chi connectivity index (χ1n) is 8.76. The summed E-state index contributed by atoms with van der Waals surface area (Å²) in [6.45, 7) is 0. The molecule has 0 amide bonds. The first-order chi connectivity index (χ1) is 12.3. The highest BCUT2D eigenvalue weighted by Gasteiger charge is 2.07. The number of nitrogens with zero attached hydrogens (tertiary/aromatic N) is 1. The molecule has 0 fully saturated rings. The molecule has 124 valence electrons. The fourth-order valence-corrected chi connectivity index (χ4v) is 3.67. The van der Waals surface area contributed by atoms with Crippen LogP contribution in [0.3, 0.4) is 0 Å². The first-order valence-corrected chi connectivity index (χ1v) is 9.55. The zero-order chi connectivity index (χ0) is 17.1. The summed E-state index contributed by atoms with van der Waals surface area (Å²) in [6.07, 6.45) is 6.27. The Bertz CT molecular complexity index is 910. The third-order valence-corrected chi connectivity index (χ3v) is 5.48. The fourth-order valence-electron chi connectivity index (χ4n) is 3.28. The van der Waals surface area contributed by atoms with Crippen molar-refractivity contribution in [1.29, 1.82) is 0 Å². The van der Waals surface area contributed by atoms with Crippen LogP contribution in [-0.4, -0.2) is 6.21 Å². The lowest BCUT2D eigenvalue weighted by Crippen LogP contribution is -2.01. The quantitative estimate of drug-likeness (QED) is 0.470. The number of hydrogen-bond acceptors (Lipinski definition) is 1. The van der Waals surface area contributed by atoms with Gasteiger partial charge in [0.15, 0.2) is 0 Å². The smallest absolute Gasteiger partial charge is 0.0771 e. The third kappa shape index (κ3) is 3.91. The van der Waals surface area contributed by atoms with Crippen LogP contribution in [0.1, 0.15) is 27.8 Å². The number of halogens is 1. The maximum atomic E-state index is 4.72. The van der Waals surface area contributed by atoms with E-state index >= 15 is 0 Å². The first kappa shape index (κ1) is 16.3. The van der Waals surface area contributed by atoms with E-state index in [-0.39, 0.29) is 0 Å². The minimum Gasteiger partial charge on any atom is -0.255 e. The summed E-state index contributed by atoms with van der Waals surface area (Å²) in [5.41, 5.74) is 7.77. The van der Waals surface area contributed by atoms with E-state index in [9.17, 15) is 0 Å². The number of para-hydroxylation sites is 1. The largest absolute Gasteiger partial charge is 0.255 e. The molecule has 4 bridgehead atoms.